The molecule has 0 aliphatic carbocycles. The first-order valence-corrected chi connectivity index (χ1v) is 9.44. The van der Waals surface area contributed by atoms with Gasteiger partial charge in [-0.2, -0.15) is 0 Å². The number of aryl methyl sites for hydroxylation is 1. The topological polar surface area (TPSA) is 121 Å². The molecule has 146 valence electrons. The van der Waals surface area contributed by atoms with Crippen LogP contribution in [0.3, 0.4) is 0 Å². The average Bonchev–Trinajstić information content (AvgIpc) is 2.96. The Balaban J connectivity index is 2.34. The highest BCUT2D eigenvalue weighted by Gasteiger charge is 2.26. The Labute approximate surface area is 163 Å². The molecule has 1 atom stereocenters. The molecule has 0 aliphatic heterocycles. The quantitative estimate of drug-likeness (QED) is 0.655. The van der Waals surface area contributed by atoms with Crippen molar-refractivity contribution < 1.29 is 14.0 Å². The molecule has 2 heterocycles. The Hall–Kier alpha value is -3.07. The van der Waals surface area contributed by atoms with Gasteiger partial charge in [-0.25, -0.2) is 9.37 Å². The molecule has 0 aliphatic rings. The van der Waals surface area contributed by atoms with Crippen LogP contribution in [-0.4, -0.2) is 21.4 Å². The lowest BCUT2D eigenvalue weighted by atomic mass is 10.1. The van der Waals surface area contributed by atoms with Crippen LogP contribution in [0.2, 0.25) is 0 Å². The summed E-state index contributed by atoms with van der Waals surface area (Å²) in [5.74, 6) is -1.60. The Morgan fingerprint density at radius 2 is 1.96 bits per heavy atom. The molecule has 0 saturated heterocycles. The van der Waals surface area contributed by atoms with Crippen LogP contribution in [0.5, 0.6) is 0 Å². The summed E-state index contributed by atoms with van der Waals surface area (Å²) in [7, 11) is 0. The van der Waals surface area contributed by atoms with Crippen LogP contribution in [0.4, 0.5) is 4.39 Å². The predicted octanol–water partition coefficient (Wildman–Crippen LogP) is 2.03. The van der Waals surface area contributed by atoms with Crippen molar-refractivity contribution in [2.75, 3.05) is 0 Å². The molecule has 1 unspecified atom stereocenters. The normalized spacial score (nSPS) is 12.2. The average molecular weight is 402 g/mol. The summed E-state index contributed by atoms with van der Waals surface area (Å²) in [6.07, 6.45) is 0.253. The van der Waals surface area contributed by atoms with Crippen molar-refractivity contribution in [1.29, 1.82) is 0 Å². The first-order chi connectivity index (χ1) is 13.3. The first-order valence-electron chi connectivity index (χ1n) is 8.63. The summed E-state index contributed by atoms with van der Waals surface area (Å²) < 4.78 is 15.4. The SMILES string of the molecule is CCC(C(N)=O)n1c(Cc2ccccc2F)nc2sc(C(N)=O)c(C)c2c1=O. The van der Waals surface area contributed by atoms with Gasteiger partial charge in [-0.05, 0) is 30.5 Å². The Morgan fingerprint density at radius 1 is 1.29 bits per heavy atom. The second-order valence-electron chi connectivity index (χ2n) is 6.40. The summed E-state index contributed by atoms with van der Waals surface area (Å²) in [5.41, 5.74) is 11.1. The fourth-order valence-electron chi connectivity index (χ4n) is 3.24. The second-order valence-corrected chi connectivity index (χ2v) is 7.40. The molecule has 0 fully saturated rings. The largest absolute Gasteiger partial charge is 0.368 e. The van der Waals surface area contributed by atoms with Crippen LogP contribution in [0, 0.1) is 12.7 Å². The van der Waals surface area contributed by atoms with Crippen LogP contribution < -0.4 is 17.0 Å². The van der Waals surface area contributed by atoms with Gasteiger partial charge in [-0.1, -0.05) is 25.1 Å². The summed E-state index contributed by atoms with van der Waals surface area (Å²) in [6.45, 7) is 3.32. The maximum atomic E-state index is 14.2. The number of fused-ring (bicyclic) bond motifs is 1. The standard InChI is InChI=1S/C19H19FN4O3S/c1-3-12(16(21)25)24-13(8-10-6-4-5-7-11(10)20)23-18-14(19(24)27)9(2)15(28-18)17(22)26/h4-7,12H,3,8H2,1-2H3,(H2,21,25)(H2,22,26). The van der Waals surface area contributed by atoms with E-state index in [9.17, 15) is 18.8 Å². The third-order valence-electron chi connectivity index (χ3n) is 4.63. The maximum Gasteiger partial charge on any atom is 0.263 e. The summed E-state index contributed by atoms with van der Waals surface area (Å²) in [6, 6.07) is 5.17. The number of carbonyl (C=O) groups is 2. The van der Waals surface area contributed by atoms with Gasteiger partial charge in [0.1, 0.15) is 22.5 Å². The molecule has 0 saturated carbocycles. The van der Waals surface area contributed by atoms with Crippen molar-refractivity contribution in [3.8, 4) is 0 Å². The van der Waals surface area contributed by atoms with E-state index in [1.165, 1.54) is 10.6 Å². The molecule has 28 heavy (non-hydrogen) atoms. The molecular weight excluding hydrogens is 383 g/mol. The minimum absolute atomic E-state index is 0.00944. The van der Waals surface area contributed by atoms with Crippen LogP contribution in [0.25, 0.3) is 10.2 Å². The molecule has 3 aromatic rings. The van der Waals surface area contributed by atoms with Gasteiger partial charge in [0.2, 0.25) is 5.91 Å². The number of thiophene rings is 1. The first kappa shape index (κ1) is 19.7. The number of nitrogens with zero attached hydrogens (tertiary/aromatic N) is 2. The minimum Gasteiger partial charge on any atom is -0.368 e. The molecule has 2 amide bonds. The molecule has 2 aromatic heterocycles. The number of amides is 2. The molecule has 7 nitrogen and oxygen atoms in total. The zero-order valence-corrected chi connectivity index (χ0v) is 16.2. The number of aromatic nitrogens is 2. The van der Waals surface area contributed by atoms with Gasteiger partial charge in [0, 0.05) is 6.42 Å². The lowest BCUT2D eigenvalue weighted by Gasteiger charge is -2.19. The fraction of sp³-hybridized carbons (Fsp3) is 0.263. The summed E-state index contributed by atoms with van der Waals surface area (Å²) >= 11 is 1.00. The van der Waals surface area contributed by atoms with Gasteiger partial charge in [-0.15, -0.1) is 11.3 Å². The zero-order valence-electron chi connectivity index (χ0n) is 15.4. The van der Waals surface area contributed by atoms with Gasteiger partial charge in [0.05, 0.1) is 10.3 Å². The molecule has 4 N–H and O–H groups in total. The second kappa shape index (κ2) is 7.51. The molecule has 0 radical (unpaired) electrons. The lowest BCUT2D eigenvalue weighted by Crippen LogP contribution is -2.36. The number of hydrogen-bond donors (Lipinski definition) is 2. The van der Waals surface area contributed by atoms with Crippen molar-refractivity contribution in [3.05, 3.63) is 62.3 Å². The zero-order chi connectivity index (χ0) is 20.6. The third kappa shape index (κ3) is 3.29. The molecule has 0 spiro atoms. The third-order valence-corrected chi connectivity index (χ3v) is 5.83. The van der Waals surface area contributed by atoms with E-state index < -0.39 is 29.2 Å². The molecule has 1 aromatic carbocycles. The van der Waals surface area contributed by atoms with Gasteiger partial charge in [0.15, 0.2) is 0 Å². The van der Waals surface area contributed by atoms with Crippen molar-refractivity contribution in [1.82, 2.24) is 9.55 Å². The van der Waals surface area contributed by atoms with E-state index in [0.29, 0.717) is 16.0 Å². The van der Waals surface area contributed by atoms with Crippen molar-refractivity contribution in [3.63, 3.8) is 0 Å². The van der Waals surface area contributed by atoms with Crippen LogP contribution in [-0.2, 0) is 11.2 Å². The number of benzene rings is 1. The van der Waals surface area contributed by atoms with E-state index in [-0.39, 0.29) is 28.9 Å². The minimum atomic E-state index is -0.942. The number of nitrogens with two attached hydrogens (primary N) is 2. The predicted molar refractivity (Wildman–Crippen MR) is 105 cm³/mol. The number of rotatable bonds is 6. The van der Waals surface area contributed by atoms with E-state index in [1.807, 2.05) is 0 Å². The number of hydrogen-bond acceptors (Lipinski definition) is 5. The van der Waals surface area contributed by atoms with Crippen molar-refractivity contribution in [2.45, 2.75) is 32.7 Å². The van der Waals surface area contributed by atoms with Crippen LogP contribution >= 0.6 is 11.3 Å². The van der Waals surface area contributed by atoms with E-state index in [1.54, 1.807) is 32.0 Å². The van der Waals surface area contributed by atoms with Gasteiger partial charge in [-0.3, -0.25) is 19.0 Å². The highest BCUT2D eigenvalue weighted by Crippen LogP contribution is 2.28. The van der Waals surface area contributed by atoms with E-state index in [0.717, 1.165) is 11.3 Å². The van der Waals surface area contributed by atoms with E-state index in [2.05, 4.69) is 4.98 Å². The van der Waals surface area contributed by atoms with Gasteiger partial charge in [0.25, 0.3) is 11.5 Å². The van der Waals surface area contributed by atoms with Crippen LogP contribution in [0.15, 0.2) is 29.1 Å². The van der Waals surface area contributed by atoms with Crippen LogP contribution in [0.1, 0.15) is 46.0 Å². The lowest BCUT2D eigenvalue weighted by molar-refractivity contribution is -0.121. The van der Waals surface area contributed by atoms with E-state index in [4.69, 9.17) is 11.5 Å². The smallest absolute Gasteiger partial charge is 0.263 e. The highest BCUT2D eigenvalue weighted by molar-refractivity contribution is 7.20. The Morgan fingerprint density at radius 3 is 2.54 bits per heavy atom. The maximum absolute atomic E-state index is 14.2. The number of primary amides is 2. The monoisotopic (exact) mass is 402 g/mol. The molecule has 0 bridgehead atoms. The Kier molecular flexibility index (Phi) is 5.28. The summed E-state index contributed by atoms with van der Waals surface area (Å²) in [5, 5.41) is 0.218. The number of carbonyl (C=O) groups excluding carboxylic acids is 2. The molecule has 9 heteroatoms. The fourth-order valence-corrected chi connectivity index (χ4v) is 4.28. The van der Waals surface area contributed by atoms with Crippen molar-refractivity contribution in [2.24, 2.45) is 11.5 Å². The highest BCUT2D eigenvalue weighted by atomic mass is 32.1. The van der Waals surface area contributed by atoms with Gasteiger partial charge < -0.3 is 11.5 Å². The van der Waals surface area contributed by atoms with E-state index >= 15 is 0 Å². The summed E-state index contributed by atoms with van der Waals surface area (Å²) in [4.78, 5) is 41.9. The molecule has 3 rings (SSSR count). The van der Waals surface area contributed by atoms with Crippen molar-refractivity contribution >= 4 is 33.4 Å². The van der Waals surface area contributed by atoms with Gasteiger partial charge >= 0.3 is 0 Å². The molecular formula is C19H19FN4O3S. The number of halogens is 1. The Bertz CT molecular complexity index is 1150.